The molecule has 0 bridgehead atoms. The molecule has 1 heterocycles. The summed E-state index contributed by atoms with van der Waals surface area (Å²) in [6, 6.07) is 5.39. The number of halogens is 1. The third kappa shape index (κ3) is 3.30. The molecule has 3 nitrogen and oxygen atoms in total. The highest BCUT2D eigenvalue weighted by molar-refractivity contribution is 9.10. The molecule has 4 heteroatoms. The molecule has 1 aliphatic rings. The molecule has 1 fully saturated rings. The Morgan fingerprint density at radius 2 is 2.00 bits per heavy atom. The number of hydrogen-bond acceptors (Lipinski definition) is 2. The van der Waals surface area contributed by atoms with Gasteiger partial charge in [0.25, 0.3) is 5.91 Å². The summed E-state index contributed by atoms with van der Waals surface area (Å²) < 4.78 is 0.817. The van der Waals surface area contributed by atoms with Crippen LogP contribution in [0, 0.1) is 11.8 Å². The molecule has 1 aliphatic heterocycles. The number of rotatable bonds is 2. The van der Waals surface area contributed by atoms with Gasteiger partial charge in [-0.25, -0.2) is 0 Å². The summed E-state index contributed by atoms with van der Waals surface area (Å²) in [5.41, 5.74) is 7.06. The fourth-order valence-corrected chi connectivity index (χ4v) is 3.06. The molecular weight excluding hydrogens is 304 g/mol. The maximum absolute atomic E-state index is 12.5. The highest BCUT2D eigenvalue weighted by Gasteiger charge is 2.26. The third-order valence-electron chi connectivity index (χ3n) is 3.99. The topological polar surface area (TPSA) is 46.3 Å². The molecule has 0 saturated carbocycles. The van der Waals surface area contributed by atoms with Gasteiger partial charge in [0.1, 0.15) is 0 Å². The molecule has 0 spiro atoms. The number of carbonyl (C=O) groups excluding carboxylic acids is 1. The Balaban J connectivity index is 2.07. The maximum atomic E-state index is 12.5. The minimum absolute atomic E-state index is 0.0846. The van der Waals surface area contributed by atoms with E-state index in [-0.39, 0.29) is 5.91 Å². The molecule has 1 aromatic carbocycles. The second-order valence-corrected chi connectivity index (χ2v) is 6.47. The zero-order valence-corrected chi connectivity index (χ0v) is 13.1. The Kier molecular flexibility index (Phi) is 4.50. The minimum Gasteiger partial charge on any atom is -0.399 e. The smallest absolute Gasteiger partial charge is 0.255 e. The van der Waals surface area contributed by atoms with Gasteiger partial charge in [-0.05, 0) is 58.8 Å². The second kappa shape index (κ2) is 5.95. The highest BCUT2D eigenvalue weighted by atomic mass is 79.9. The fraction of sp³-hybridized carbons (Fsp3) is 0.533. The number of piperidine rings is 1. The molecule has 0 aromatic heterocycles. The van der Waals surface area contributed by atoms with Gasteiger partial charge in [-0.15, -0.1) is 0 Å². The summed E-state index contributed by atoms with van der Waals surface area (Å²) in [6.45, 7) is 6.22. The van der Waals surface area contributed by atoms with E-state index in [0.29, 0.717) is 17.2 Å². The Morgan fingerprint density at radius 3 is 2.58 bits per heavy atom. The lowest BCUT2D eigenvalue weighted by Crippen LogP contribution is -2.39. The van der Waals surface area contributed by atoms with E-state index in [1.165, 1.54) is 0 Å². The van der Waals surface area contributed by atoms with E-state index in [2.05, 4.69) is 29.8 Å². The van der Waals surface area contributed by atoms with Crippen LogP contribution in [-0.2, 0) is 0 Å². The minimum atomic E-state index is 0.0846. The van der Waals surface area contributed by atoms with Crippen LogP contribution in [0.15, 0.2) is 22.7 Å². The Bertz CT molecular complexity index is 465. The lowest BCUT2D eigenvalue weighted by atomic mass is 9.86. The first-order valence-electron chi connectivity index (χ1n) is 6.83. The molecule has 1 amide bonds. The van der Waals surface area contributed by atoms with Gasteiger partial charge >= 0.3 is 0 Å². The van der Waals surface area contributed by atoms with Crippen molar-refractivity contribution < 1.29 is 4.79 Å². The van der Waals surface area contributed by atoms with Gasteiger partial charge < -0.3 is 10.6 Å². The van der Waals surface area contributed by atoms with Crippen molar-refractivity contribution in [3.8, 4) is 0 Å². The molecule has 0 aliphatic carbocycles. The van der Waals surface area contributed by atoms with Gasteiger partial charge in [0.15, 0.2) is 0 Å². The average molecular weight is 325 g/mol. The fourth-order valence-electron chi connectivity index (χ4n) is 2.65. The molecule has 1 saturated heterocycles. The zero-order valence-electron chi connectivity index (χ0n) is 11.5. The van der Waals surface area contributed by atoms with Crippen molar-refractivity contribution in [3.05, 3.63) is 28.2 Å². The zero-order chi connectivity index (χ0) is 14.0. The van der Waals surface area contributed by atoms with Crippen molar-refractivity contribution >= 4 is 27.5 Å². The first-order valence-corrected chi connectivity index (χ1v) is 7.62. The summed E-state index contributed by atoms with van der Waals surface area (Å²) in [7, 11) is 0. The number of hydrogen-bond donors (Lipinski definition) is 1. The van der Waals surface area contributed by atoms with E-state index in [1.807, 2.05) is 11.0 Å². The van der Waals surface area contributed by atoms with Crippen molar-refractivity contribution in [2.45, 2.75) is 26.7 Å². The van der Waals surface area contributed by atoms with Gasteiger partial charge in [0, 0.05) is 23.2 Å². The number of carbonyl (C=O) groups is 1. The molecule has 0 radical (unpaired) electrons. The predicted molar refractivity (Wildman–Crippen MR) is 82.0 cm³/mol. The molecule has 0 atom stereocenters. The van der Waals surface area contributed by atoms with Crippen LogP contribution in [0.1, 0.15) is 37.0 Å². The second-order valence-electron chi connectivity index (χ2n) is 5.61. The SMILES string of the molecule is CC(C)C1CCN(C(=O)c2cc(N)ccc2Br)CC1. The van der Waals surface area contributed by atoms with Crippen LogP contribution >= 0.6 is 15.9 Å². The summed E-state index contributed by atoms with van der Waals surface area (Å²) in [4.78, 5) is 14.4. The monoisotopic (exact) mass is 324 g/mol. The Labute approximate surface area is 123 Å². The Morgan fingerprint density at radius 1 is 1.37 bits per heavy atom. The van der Waals surface area contributed by atoms with Crippen molar-refractivity contribution in [1.82, 2.24) is 4.90 Å². The first-order chi connectivity index (χ1) is 8.99. The van der Waals surface area contributed by atoms with Crippen molar-refractivity contribution in [2.75, 3.05) is 18.8 Å². The summed E-state index contributed by atoms with van der Waals surface area (Å²) in [6.07, 6.45) is 2.20. The lowest BCUT2D eigenvalue weighted by Gasteiger charge is -2.34. The van der Waals surface area contributed by atoms with E-state index in [9.17, 15) is 4.79 Å². The van der Waals surface area contributed by atoms with Gasteiger partial charge in [-0.2, -0.15) is 0 Å². The predicted octanol–water partition coefficient (Wildman–Crippen LogP) is 3.54. The number of nitrogens with zero attached hydrogens (tertiary/aromatic N) is 1. The first kappa shape index (κ1) is 14.4. The third-order valence-corrected chi connectivity index (χ3v) is 4.68. The van der Waals surface area contributed by atoms with Gasteiger partial charge in [-0.3, -0.25) is 4.79 Å². The number of anilines is 1. The molecule has 1 aromatic rings. The number of nitrogen functional groups attached to an aromatic ring is 1. The lowest BCUT2D eigenvalue weighted by molar-refractivity contribution is 0.0667. The summed E-state index contributed by atoms with van der Waals surface area (Å²) in [5.74, 6) is 1.53. The van der Waals surface area contributed by atoms with Crippen LogP contribution in [0.25, 0.3) is 0 Å². The Hall–Kier alpha value is -1.03. The number of likely N-dealkylation sites (tertiary alicyclic amines) is 1. The van der Waals surface area contributed by atoms with E-state index in [4.69, 9.17) is 5.73 Å². The number of nitrogens with two attached hydrogens (primary N) is 1. The van der Waals surface area contributed by atoms with E-state index in [0.717, 1.165) is 36.3 Å². The van der Waals surface area contributed by atoms with Crippen LogP contribution in [0.2, 0.25) is 0 Å². The summed E-state index contributed by atoms with van der Waals surface area (Å²) >= 11 is 3.43. The number of benzene rings is 1. The molecular formula is C15H21BrN2O. The number of amides is 1. The van der Waals surface area contributed by atoms with Crippen molar-refractivity contribution in [2.24, 2.45) is 11.8 Å². The van der Waals surface area contributed by atoms with E-state index >= 15 is 0 Å². The summed E-state index contributed by atoms with van der Waals surface area (Å²) in [5, 5.41) is 0. The van der Waals surface area contributed by atoms with Crippen molar-refractivity contribution in [1.29, 1.82) is 0 Å². The maximum Gasteiger partial charge on any atom is 0.255 e. The highest BCUT2D eigenvalue weighted by Crippen LogP contribution is 2.27. The molecule has 104 valence electrons. The van der Waals surface area contributed by atoms with Crippen LogP contribution in [0.5, 0.6) is 0 Å². The van der Waals surface area contributed by atoms with Crippen molar-refractivity contribution in [3.63, 3.8) is 0 Å². The molecule has 2 N–H and O–H groups in total. The van der Waals surface area contributed by atoms with Crippen LogP contribution in [0.4, 0.5) is 5.69 Å². The van der Waals surface area contributed by atoms with E-state index in [1.54, 1.807) is 12.1 Å². The van der Waals surface area contributed by atoms with Gasteiger partial charge in [0.2, 0.25) is 0 Å². The largest absolute Gasteiger partial charge is 0.399 e. The van der Waals surface area contributed by atoms with Crippen LogP contribution in [-0.4, -0.2) is 23.9 Å². The van der Waals surface area contributed by atoms with E-state index < -0.39 is 0 Å². The molecule has 0 unspecified atom stereocenters. The van der Waals surface area contributed by atoms with Gasteiger partial charge in [0.05, 0.1) is 5.56 Å². The molecule has 2 rings (SSSR count). The van der Waals surface area contributed by atoms with Crippen LogP contribution in [0.3, 0.4) is 0 Å². The van der Waals surface area contributed by atoms with Gasteiger partial charge in [-0.1, -0.05) is 13.8 Å². The molecule has 19 heavy (non-hydrogen) atoms. The quantitative estimate of drug-likeness (QED) is 0.846. The standard InChI is InChI=1S/C15H21BrN2O/c1-10(2)11-5-7-18(8-6-11)15(19)13-9-12(17)3-4-14(13)16/h3-4,9-11H,5-8,17H2,1-2H3. The average Bonchev–Trinajstić information content (AvgIpc) is 2.41. The van der Waals surface area contributed by atoms with Crippen LogP contribution < -0.4 is 5.73 Å². The normalized spacial score (nSPS) is 16.9.